The Morgan fingerprint density at radius 2 is 1.52 bits per heavy atom. The second-order valence-corrected chi connectivity index (χ2v) is 8.72. The standard InChI is InChI=1S/C21H30N2O4/c1-13-14-11-21(18(24)26-5,19(25)27-6)12-15(14)16(20(2,3)4)17(22-13)23-9-7-8-10-23/h7-12H2,1-6H3. The molecular formula is C21H30N2O4. The summed E-state index contributed by atoms with van der Waals surface area (Å²) in [5.74, 6) is -0.0677. The van der Waals surface area contributed by atoms with E-state index in [0.29, 0.717) is 6.42 Å². The van der Waals surface area contributed by atoms with Gasteiger partial charge in [0.15, 0.2) is 5.41 Å². The number of aromatic nitrogens is 1. The number of carbonyl (C=O) groups is 2. The molecular weight excluding hydrogens is 344 g/mol. The van der Waals surface area contributed by atoms with E-state index >= 15 is 0 Å². The van der Waals surface area contributed by atoms with Gasteiger partial charge < -0.3 is 14.4 Å². The van der Waals surface area contributed by atoms with E-state index in [1.807, 2.05) is 6.92 Å². The fourth-order valence-electron chi connectivity index (χ4n) is 4.59. The number of aryl methyl sites for hydroxylation is 1. The van der Waals surface area contributed by atoms with Crippen LogP contribution in [-0.4, -0.2) is 44.2 Å². The number of hydrogen-bond acceptors (Lipinski definition) is 6. The molecule has 0 spiro atoms. The first kappa shape index (κ1) is 19.6. The Morgan fingerprint density at radius 3 is 2.00 bits per heavy atom. The first-order valence-electron chi connectivity index (χ1n) is 9.60. The first-order valence-corrected chi connectivity index (χ1v) is 9.60. The maximum Gasteiger partial charge on any atom is 0.323 e. The number of hydrogen-bond donors (Lipinski definition) is 0. The second-order valence-electron chi connectivity index (χ2n) is 8.72. The van der Waals surface area contributed by atoms with Crippen LogP contribution < -0.4 is 4.90 Å². The molecule has 0 amide bonds. The zero-order chi connectivity index (χ0) is 20.0. The third kappa shape index (κ3) is 3.09. The molecule has 0 aromatic carbocycles. The van der Waals surface area contributed by atoms with E-state index in [0.717, 1.165) is 54.1 Å². The number of methoxy groups -OCH3 is 2. The molecule has 1 aromatic heterocycles. The molecule has 1 aromatic rings. The van der Waals surface area contributed by atoms with Gasteiger partial charge in [0.25, 0.3) is 0 Å². The fourth-order valence-corrected chi connectivity index (χ4v) is 4.59. The molecule has 0 N–H and O–H groups in total. The first-order chi connectivity index (χ1) is 12.7. The van der Waals surface area contributed by atoms with E-state index in [4.69, 9.17) is 14.5 Å². The van der Waals surface area contributed by atoms with Gasteiger partial charge in [-0.05, 0) is 36.3 Å². The summed E-state index contributed by atoms with van der Waals surface area (Å²) >= 11 is 0. The lowest BCUT2D eigenvalue weighted by Gasteiger charge is -2.31. The molecule has 2 heterocycles. The fraction of sp³-hybridized carbons (Fsp3) is 0.667. The Labute approximate surface area is 161 Å². The molecule has 6 nitrogen and oxygen atoms in total. The smallest absolute Gasteiger partial charge is 0.323 e. The van der Waals surface area contributed by atoms with Gasteiger partial charge in [-0.3, -0.25) is 9.59 Å². The predicted octanol–water partition coefficient (Wildman–Crippen LogP) is 2.72. The maximum atomic E-state index is 12.7. The number of pyridine rings is 1. The highest BCUT2D eigenvalue weighted by Gasteiger charge is 2.54. The number of anilines is 1. The molecule has 0 bridgehead atoms. The van der Waals surface area contributed by atoms with Crippen LogP contribution in [-0.2, 0) is 37.3 Å². The molecule has 1 saturated heterocycles. The molecule has 27 heavy (non-hydrogen) atoms. The van der Waals surface area contributed by atoms with E-state index in [2.05, 4.69) is 25.7 Å². The summed E-state index contributed by atoms with van der Waals surface area (Å²) in [5.41, 5.74) is 2.59. The molecule has 0 radical (unpaired) electrons. The lowest BCUT2D eigenvalue weighted by molar-refractivity contribution is -0.168. The third-order valence-corrected chi connectivity index (χ3v) is 5.86. The molecule has 0 saturated carbocycles. The predicted molar refractivity (Wildman–Crippen MR) is 103 cm³/mol. The van der Waals surface area contributed by atoms with Crippen LogP contribution in [0, 0.1) is 12.3 Å². The van der Waals surface area contributed by atoms with E-state index in [1.165, 1.54) is 14.2 Å². The topological polar surface area (TPSA) is 68.7 Å². The Balaban J connectivity index is 2.21. The highest BCUT2D eigenvalue weighted by atomic mass is 16.5. The van der Waals surface area contributed by atoms with Crippen molar-refractivity contribution in [2.24, 2.45) is 5.41 Å². The SMILES string of the molecule is COC(=O)C1(C(=O)OC)Cc2c(C)nc(N3CCCC3)c(C(C)(C)C)c2C1. The normalized spacial score (nSPS) is 18.4. The van der Waals surface area contributed by atoms with Crippen molar-refractivity contribution in [1.29, 1.82) is 0 Å². The number of carbonyl (C=O) groups excluding carboxylic acids is 2. The molecule has 1 fully saturated rings. The summed E-state index contributed by atoms with van der Waals surface area (Å²) in [5, 5.41) is 0. The number of rotatable bonds is 3. The third-order valence-electron chi connectivity index (χ3n) is 5.86. The van der Waals surface area contributed by atoms with Gasteiger partial charge in [0.2, 0.25) is 0 Å². The minimum Gasteiger partial charge on any atom is -0.468 e. The Bertz CT molecular complexity index is 757. The summed E-state index contributed by atoms with van der Waals surface area (Å²) in [6.07, 6.45) is 2.91. The van der Waals surface area contributed by atoms with Gasteiger partial charge in [-0.15, -0.1) is 0 Å². The number of ether oxygens (including phenoxy) is 2. The van der Waals surface area contributed by atoms with Crippen LogP contribution in [0.5, 0.6) is 0 Å². The number of nitrogens with zero attached hydrogens (tertiary/aromatic N) is 2. The van der Waals surface area contributed by atoms with Gasteiger partial charge >= 0.3 is 11.9 Å². The average molecular weight is 374 g/mol. The lowest BCUT2D eigenvalue weighted by Crippen LogP contribution is -2.42. The minimum atomic E-state index is -1.32. The molecule has 3 rings (SSSR count). The Hall–Kier alpha value is -2.11. The number of fused-ring (bicyclic) bond motifs is 1. The van der Waals surface area contributed by atoms with Crippen LogP contribution in [0.2, 0.25) is 0 Å². The number of esters is 2. The van der Waals surface area contributed by atoms with Crippen molar-refractivity contribution in [1.82, 2.24) is 4.98 Å². The van der Waals surface area contributed by atoms with Crippen molar-refractivity contribution < 1.29 is 19.1 Å². The minimum absolute atomic E-state index is 0.162. The van der Waals surface area contributed by atoms with Gasteiger partial charge in [0.1, 0.15) is 5.82 Å². The second kappa shape index (κ2) is 6.80. The van der Waals surface area contributed by atoms with Crippen LogP contribution in [0.15, 0.2) is 0 Å². The summed E-state index contributed by atoms with van der Waals surface area (Å²) in [4.78, 5) is 32.6. The average Bonchev–Trinajstić information content (AvgIpc) is 3.27. The molecule has 6 heteroatoms. The van der Waals surface area contributed by atoms with Gasteiger partial charge in [0.05, 0.1) is 14.2 Å². The van der Waals surface area contributed by atoms with E-state index < -0.39 is 17.4 Å². The van der Waals surface area contributed by atoms with Crippen LogP contribution in [0.4, 0.5) is 5.82 Å². The highest BCUT2D eigenvalue weighted by Crippen LogP contribution is 2.47. The van der Waals surface area contributed by atoms with Crippen LogP contribution in [0.25, 0.3) is 0 Å². The summed E-state index contributed by atoms with van der Waals surface area (Å²) < 4.78 is 10.0. The van der Waals surface area contributed by atoms with Crippen molar-refractivity contribution in [2.75, 3.05) is 32.2 Å². The maximum absolute atomic E-state index is 12.7. The zero-order valence-corrected chi connectivity index (χ0v) is 17.3. The van der Waals surface area contributed by atoms with Crippen molar-refractivity contribution in [3.05, 3.63) is 22.4 Å². The van der Waals surface area contributed by atoms with Crippen LogP contribution >= 0.6 is 0 Å². The molecule has 0 unspecified atom stereocenters. The molecule has 0 atom stereocenters. The Morgan fingerprint density at radius 1 is 1.00 bits per heavy atom. The lowest BCUT2D eigenvalue weighted by atomic mass is 9.80. The van der Waals surface area contributed by atoms with Crippen molar-refractivity contribution in [2.45, 2.75) is 58.8 Å². The molecule has 2 aliphatic rings. The molecule has 1 aliphatic carbocycles. The summed E-state index contributed by atoms with van der Waals surface area (Å²) in [6.45, 7) is 10.4. The van der Waals surface area contributed by atoms with Crippen molar-refractivity contribution >= 4 is 17.8 Å². The van der Waals surface area contributed by atoms with Crippen LogP contribution in [0.3, 0.4) is 0 Å². The van der Waals surface area contributed by atoms with E-state index in [1.54, 1.807) is 0 Å². The van der Waals surface area contributed by atoms with Gasteiger partial charge in [-0.25, -0.2) is 4.98 Å². The highest BCUT2D eigenvalue weighted by molar-refractivity contribution is 6.01. The van der Waals surface area contributed by atoms with E-state index in [-0.39, 0.29) is 11.8 Å². The summed E-state index contributed by atoms with van der Waals surface area (Å²) in [6, 6.07) is 0. The summed E-state index contributed by atoms with van der Waals surface area (Å²) in [7, 11) is 2.64. The van der Waals surface area contributed by atoms with E-state index in [9.17, 15) is 9.59 Å². The van der Waals surface area contributed by atoms with Crippen molar-refractivity contribution in [3.8, 4) is 0 Å². The Kier molecular flexibility index (Phi) is 4.95. The molecule has 1 aliphatic heterocycles. The molecule has 148 valence electrons. The van der Waals surface area contributed by atoms with Gasteiger partial charge in [-0.1, -0.05) is 20.8 Å². The van der Waals surface area contributed by atoms with Crippen molar-refractivity contribution in [3.63, 3.8) is 0 Å². The van der Waals surface area contributed by atoms with Crippen LogP contribution in [0.1, 0.15) is 56.0 Å². The largest absolute Gasteiger partial charge is 0.468 e. The van der Waals surface area contributed by atoms with Gasteiger partial charge in [-0.2, -0.15) is 0 Å². The quantitative estimate of drug-likeness (QED) is 0.599. The zero-order valence-electron chi connectivity index (χ0n) is 17.3. The monoisotopic (exact) mass is 374 g/mol. The van der Waals surface area contributed by atoms with Gasteiger partial charge in [0, 0.05) is 37.2 Å².